The Morgan fingerprint density at radius 1 is 1.07 bits per heavy atom. The molecule has 8 nitrogen and oxygen atoms in total. The number of carbonyl (C=O) groups excluding carboxylic acids is 1. The fourth-order valence-corrected chi connectivity index (χ4v) is 4.54. The molecular formula is C19H27N3O5S. The van der Waals surface area contributed by atoms with Crippen LogP contribution in [0.3, 0.4) is 0 Å². The largest absolute Gasteiger partial charge is 0.465 e. The first-order chi connectivity index (χ1) is 13.2. The van der Waals surface area contributed by atoms with Gasteiger partial charge in [-0.1, -0.05) is 12.1 Å². The molecule has 9 heteroatoms. The molecule has 3 rings (SSSR count). The van der Waals surface area contributed by atoms with Gasteiger partial charge >= 0.3 is 6.09 Å². The molecule has 2 aliphatic heterocycles. The molecule has 2 heterocycles. The predicted molar refractivity (Wildman–Crippen MR) is 104 cm³/mol. The Balaban J connectivity index is 1.69. The van der Waals surface area contributed by atoms with E-state index < -0.39 is 15.9 Å². The molecule has 0 aliphatic carbocycles. The molecule has 1 unspecified atom stereocenters. The number of carbonyl (C=O) groups is 2. The van der Waals surface area contributed by atoms with E-state index in [-0.39, 0.29) is 23.3 Å². The van der Waals surface area contributed by atoms with Crippen LogP contribution in [0.4, 0.5) is 4.79 Å². The zero-order valence-electron chi connectivity index (χ0n) is 16.1. The molecule has 0 spiro atoms. The van der Waals surface area contributed by atoms with Gasteiger partial charge in [0.1, 0.15) is 0 Å². The molecule has 0 radical (unpaired) electrons. The standard InChI is InChI=1S/C19H27N3O5S/c1-28(26,27)17-6-4-15(5-7-17)12-18(23)22-11-10-21(19(24)25)14-16(22)13-20-8-2-3-9-20/h4-7,16H,2-3,8-14H2,1H3,(H,24,25). The van der Waals surface area contributed by atoms with Crippen LogP contribution in [0.2, 0.25) is 0 Å². The summed E-state index contributed by atoms with van der Waals surface area (Å²) < 4.78 is 23.1. The molecule has 28 heavy (non-hydrogen) atoms. The third-order valence-electron chi connectivity index (χ3n) is 5.45. The van der Waals surface area contributed by atoms with Crippen LogP contribution in [0, 0.1) is 0 Å². The molecule has 2 aliphatic rings. The quantitative estimate of drug-likeness (QED) is 0.777. The first-order valence-electron chi connectivity index (χ1n) is 9.53. The van der Waals surface area contributed by atoms with Gasteiger partial charge in [0.15, 0.2) is 9.84 Å². The topological polar surface area (TPSA) is 98.2 Å². The minimum Gasteiger partial charge on any atom is -0.465 e. The SMILES string of the molecule is CS(=O)(=O)c1ccc(CC(=O)N2CCN(C(=O)O)CC2CN2CCCC2)cc1. The van der Waals surface area contributed by atoms with Crippen LogP contribution < -0.4 is 0 Å². The number of hydrogen-bond acceptors (Lipinski definition) is 5. The van der Waals surface area contributed by atoms with Crippen molar-refractivity contribution in [3.8, 4) is 0 Å². The van der Waals surface area contributed by atoms with Crippen LogP contribution in [-0.4, -0.2) is 91.8 Å². The van der Waals surface area contributed by atoms with Gasteiger partial charge in [-0.25, -0.2) is 13.2 Å². The molecule has 0 bridgehead atoms. The van der Waals surface area contributed by atoms with Crippen molar-refractivity contribution in [1.82, 2.24) is 14.7 Å². The van der Waals surface area contributed by atoms with E-state index in [1.807, 2.05) is 0 Å². The van der Waals surface area contributed by atoms with E-state index in [1.165, 1.54) is 17.0 Å². The summed E-state index contributed by atoms with van der Waals surface area (Å²) in [7, 11) is -3.27. The van der Waals surface area contributed by atoms with Crippen molar-refractivity contribution < 1.29 is 23.1 Å². The molecule has 2 saturated heterocycles. The van der Waals surface area contributed by atoms with E-state index in [9.17, 15) is 23.1 Å². The van der Waals surface area contributed by atoms with Crippen LogP contribution in [-0.2, 0) is 21.1 Å². The summed E-state index contributed by atoms with van der Waals surface area (Å²) in [5.74, 6) is -0.0543. The number of hydrogen-bond donors (Lipinski definition) is 1. The van der Waals surface area contributed by atoms with Crippen molar-refractivity contribution in [2.24, 2.45) is 0 Å². The minimum atomic E-state index is -3.27. The second kappa shape index (κ2) is 8.48. The van der Waals surface area contributed by atoms with Gasteiger partial charge in [0.2, 0.25) is 5.91 Å². The van der Waals surface area contributed by atoms with Crippen LogP contribution in [0.5, 0.6) is 0 Å². The average Bonchev–Trinajstić information content (AvgIpc) is 3.14. The summed E-state index contributed by atoms with van der Waals surface area (Å²) in [5.41, 5.74) is 0.748. The van der Waals surface area contributed by atoms with Crippen molar-refractivity contribution in [1.29, 1.82) is 0 Å². The van der Waals surface area contributed by atoms with E-state index in [1.54, 1.807) is 17.0 Å². The van der Waals surface area contributed by atoms with Crippen LogP contribution in [0.1, 0.15) is 18.4 Å². The smallest absolute Gasteiger partial charge is 0.407 e. The minimum absolute atomic E-state index is 0.0543. The van der Waals surface area contributed by atoms with E-state index in [2.05, 4.69) is 4.90 Å². The predicted octanol–water partition coefficient (Wildman–Crippen LogP) is 0.919. The monoisotopic (exact) mass is 409 g/mol. The first kappa shape index (κ1) is 20.6. The number of likely N-dealkylation sites (tertiary alicyclic amines) is 1. The lowest BCUT2D eigenvalue weighted by molar-refractivity contribution is -0.135. The van der Waals surface area contributed by atoms with Gasteiger partial charge in [-0.3, -0.25) is 4.79 Å². The number of nitrogens with zero attached hydrogens (tertiary/aromatic N) is 3. The Kier molecular flexibility index (Phi) is 6.24. The maximum absolute atomic E-state index is 12.9. The zero-order chi connectivity index (χ0) is 20.3. The Morgan fingerprint density at radius 2 is 1.71 bits per heavy atom. The fourth-order valence-electron chi connectivity index (χ4n) is 3.91. The molecule has 1 N–H and O–H groups in total. The number of benzene rings is 1. The summed E-state index contributed by atoms with van der Waals surface area (Å²) in [5, 5.41) is 9.33. The molecule has 1 aromatic carbocycles. The van der Waals surface area contributed by atoms with Crippen molar-refractivity contribution in [2.75, 3.05) is 45.5 Å². The van der Waals surface area contributed by atoms with Crippen molar-refractivity contribution in [3.05, 3.63) is 29.8 Å². The molecule has 154 valence electrons. The van der Waals surface area contributed by atoms with Gasteiger partial charge in [-0.2, -0.15) is 0 Å². The van der Waals surface area contributed by atoms with Gasteiger partial charge in [-0.15, -0.1) is 0 Å². The lowest BCUT2D eigenvalue weighted by Crippen LogP contribution is -2.59. The second-order valence-electron chi connectivity index (χ2n) is 7.57. The zero-order valence-corrected chi connectivity index (χ0v) is 16.9. The number of rotatable bonds is 5. The lowest BCUT2D eigenvalue weighted by Gasteiger charge is -2.42. The number of amides is 2. The molecule has 0 aromatic heterocycles. The van der Waals surface area contributed by atoms with Gasteiger partial charge in [0.05, 0.1) is 17.4 Å². The van der Waals surface area contributed by atoms with Crippen molar-refractivity contribution in [2.45, 2.75) is 30.2 Å². The third kappa shape index (κ3) is 5.02. The van der Waals surface area contributed by atoms with Crippen molar-refractivity contribution in [3.63, 3.8) is 0 Å². The molecule has 2 fully saturated rings. The molecule has 1 atom stereocenters. The number of carboxylic acid groups (broad SMARTS) is 1. The highest BCUT2D eigenvalue weighted by molar-refractivity contribution is 7.90. The van der Waals surface area contributed by atoms with Crippen LogP contribution >= 0.6 is 0 Å². The molecule has 2 amide bonds. The van der Waals surface area contributed by atoms with Gasteiger partial charge in [0, 0.05) is 32.4 Å². The highest BCUT2D eigenvalue weighted by Crippen LogP contribution is 2.18. The Bertz CT molecular complexity index is 818. The second-order valence-corrected chi connectivity index (χ2v) is 9.59. The van der Waals surface area contributed by atoms with Gasteiger partial charge in [-0.05, 0) is 43.6 Å². The Morgan fingerprint density at radius 3 is 2.29 bits per heavy atom. The lowest BCUT2D eigenvalue weighted by atomic mass is 10.1. The maximum Gasteiger partial charge on any atom is 0.407 e. The van der Waals surface area contributed by atoms with E-state index in [4.69, 9.17) is 0 Å². The third-order valence-corrected chi connectivity index (χ3v) is 6.58. The Labute approximate surface area is 165 Å². The van der Waals surface area contributed by atoms with E-state index >= 15 is 0 Å². The summed E-state index contributed by atoms with van der Waals surface area (Å²) >= 11 is 0. The van der Waals surface area contributed by atoms with Crippen molar-refractivity contribution >= 4 is 21.8 Å². The van der Waals surface area contributed by atoms with E-state index in [0.29, 0.717) is 26.2 Å². The highest BCUT2D eigenvalue weighted by Gasteiger charge is 2.33. The Hall–Kier alpha value is -2.13. The van der Waals surface area contributed by atoms with Gasteiger partial charge < -0.3 is 19.8 Å². The number of sulfone groups is 1. The van der Waals surface area contributed by atoms with Crippen LogP contribution in [0.15, 0.2) is 29.2 Å². The number of piperazine rings is 1. The van der Waals surface area contributed by atoms with Gasteiger partial charge in [0.25, 0.3) is 0 Å². The summed E-state index contributed by atoms with van der Waals surface area (Å²) in [6.45, 7) is 3.67. The summed E-state index contributed by atoms with van der Waals surface area (Å²) in [4.78, 5) is 30.0. The molecular weight excluding hydrogens is 382 g/mol. The normalized spacial score (nSPS) is 21.1. The maximum atomic E-state index is 12.9. The summed E-state index contributed by atoms with van der Waals surface area (Å²) in [6, 6.07) is 6.20. The fraction of sp³-hybridized carbons (Fsp3) is 0.579. The molecule has 1 aromatic rings. The van der Waals surface area contributed by atoms with E-state index in [0.717, 1.165) is 37.8 Å². The average molecular weight is 410 g/mol. The molecule has 0 saturated carbocycles. The van der Waals surface area contributed by atoms with Crippen LogP contribution in [0.25, 0.3) is 0 Å². The summed E-state index contributed by atoms with van der Waals surface area (Å²) in [6.07, 6.45) is 2.65. The highest BCUT2D eigenvalue weighted by atomic mass is 32.2. The first-order valence-corrected chi connectivity index (χ1v) is 11.4.